The van der Waals surface area contributed by atoms with Crippen LogP contribution in [-0.4, -0.2) is 20.5 Å². The summed E-state index contributed by atoms with van der Waals surface area (Å²) in [5.41, 5.74) is 1.96. The van der Waals surface area contributed by atoms with Crippen molar-refractivity contribution in [3.05, 3.63) is 96.7 Å². The van der Waals surface area contributed by atoms with Gasteiger partial charge in [0, 0.05) is 5.56 Å². The maximum atomic E-state index is 13.4. The van der Waals surface area contributed by atoms with Crippen LogP contribution in [0.5, 0.6) is 0 Å². The molecule has 2 aromatic heterocycles. The lowest BCUT2D eigenvalue weighted by Crippen LogP contribution is -2.33. The van der Waals surface area contributed by atoms with E-state index in [1.54, 1.807) is 4.90 Å². The minimum Gasteiger partial charge on any atom is -0.303 e. The van der Waals surface area contributed by atoms with E-state index < -0.39 is 11.1 Å². The van der Waals surface area contributed by atoms with Gasteiger partial charge in [-0.1, -0.05) is 59.9 Å². The average Bonchev–Trinajstić information content (AvgIpc) is 3.17. The van der Waals surface area contributed by atoms with E-state index in [2.05, 4.69) is 10.1 Å². The SMILES string of the molecule is Cc1nn2c(=O)c(=C3C(=O)N(Cc4ccccc4)c4ccccc43)sc2nc1=O. The zero-order valence-electron chi connectivity index (χ0n) is 15.3. The Morgan fingerprint density at radius 2 is 1.69 bits per heavy atom. The number of thiazole rings is 1. The standard InChI is InChI=1S/C21H14N4O3S/c1-12-18(26)22-21-25(23-12)20(28)17(29-21)16-14-9-5-6-10-15(14)24(19(16)27)11-13-7-3-2-4-8-13/h2-10H,11H2,1H3. The van der Waals surface area contributed by atoms with Crippen LogP contribution >= 0.6 is 11.3 Å². The third-order valence-corrected chi connectivity index (χ3v) is 5.88. The number of amides is 1. The van der Waals surface area contributed by atoms with Crippen molar-refractivity contribution in [3.63, 3.8) is 0 Å². The molecule has 0 N–H and O–H groups in total. The predicted molar refractivity (Wildman–Crippen MR) is 110 cm³/mol. The van der Waals surface area contributed by atoms with Gasteiger partial charge in [0.1, 0.15) is 10.2 Å². The molecule has 0 radical (unpaired) electrons. The van der Waals surface area contributed by atoms with Crippen LogP contribution in [0.4, 0.5) is 5.69 Å². The highest BCUT2D eigenvalue weighted by Crippen LogP contribution is 2.36. The van der Waals surface area contributed by atoms with Crippen LogP contribution in [0, 0.1) is 6.92 Å². The number of carbonyl (C=O) groups is 1. The monoisotopic (exact) mass is 402 g/mol. The van der Waals surface area contributed by atoms with Gasteiger partial charge in [0.25, 0.3) is 17.0 Å². The van der Waals surface area contributed by atoms with Gasteiger partial charge in [-0.05, 0) is 18.6 Å². The van der Waals surface area contributed by atoms with Crippen LogP contribution in [0.25, 0.3) is 10.5 Å². The second-order valence-electron chi connectivity index (χ2n) is 6.70. The predicted octanol–water partition coefficient (Wildman–Crippen LogP) is 1.28. The highest BCUT2D eigenvalue weighted by Gasteiger charge is 2.34. The van der Waals surface area contributed by atoms with Crippen molar-refractivity contribution in [2.24, 2.45) is 0 Å². The van der Waals surface area contributed by atoms with Crippen molar-refractivity contribution >= 4 is 33.5 Å². The first kappa shape index (κ1) is 17.4. The first-order chi connectivity index (χ1) is 14.0. The molecular weight excluding hydrogens is 388 g/mol. The Balaban J connectivity index is 1.77. The number of hydrogen-bond donors (Lipinski definition) is 0. The fourth-order valence-corrected chi connectivity index (χ4v) is 4.45. The van der Waals surface area contributed by atoms with Crippen molar-refractivity contribution < 1.29 is 4.79 Å². The van der Waals surface area contributed by atoms with E-state index in [4.69, 9.17) is 0 Å². The summed E-state index contributed by atoms with van der Waals surface area (Å²) in [7, 11) is 0. The van der Waals surface area contributed by atoms with Crippen molar-refractivity contribution in [3.8, 4) is 0 Å². The minimum absolute atomic E-state index is 0.137. The van der Waals surface area contributed by atoms with Gasteiger partial charge >= 0.3 is 0 Å². The number of anilines is 1. The Hall–Kier alpha value is -3.65. The quantitative estimate of drug-likeness (QED) is 0.504. The number of fused-ring (bicyclic) bond motifs is 2. The third kappa shape index (κ3) is 2.68. The molecule has 0 spiro atoms. The largest absolute Gasteiger partial charge is 0.303 e. The van der Waals surface area contributed by atoms with E-state index in [0.29, 0.717) is 17.7 Å². The van der Waals surface area contributed by atoms with E-state index in [9.17, 15) is 14.4 Å². The molecule has 0 atom stereocenters. The lowest BCUT2D eigenvalue weighted by Gasteiger charge is -2.17. The minimum atomic E-state index is -0.480. The molecule has 0 aliphatic carbocycles. The number of nitrogens with zero attached hydrogens (tertiary/aromatic N) is 4. The van der Waals surface area contributed by atoms with Gasteiger partial charge in [-0.3, -0.25) is 14.4 Å². The normalized spacial score (nSPS) is 15.2. The topological polar surface area (TPSA) is 84.6 Å². The molecule has 2 aromatic carbocycles. The number of benzene rings is 2. The summed E-state index contributed by atoms with van der Waals surface area (Å²) in [6, 6.07) is 17.1. The molecule has 0 fully saturated rings. The molecular formula is C21H14N4O3S. The van der Waals surface area contributed by atoms with E-state index in [1.165, 1.54) is 6.92 Å². The van der Waals surface area contributed by atoms with E-state index in [1.807, 2.05) is 54.6 Å². The van der Waals surface area contributed by atoms with Crippen LogP contribution in [-0.2, 0) is 11.3 Å². The van der Waals surface area contributed by atoms with Crippen molar-refractivity contribution in [2.75, 3.05) is 4.90 Å². The van der Waals surface area contributed by atoms with Gasteiger partial charge < -0.3 is 4.90 Å². The number of aryl methyl sites for hydroxylation is 1. The summed E-state index contributed by atoms with van der Waals surface area (Å²) in [4.78, 5) is 43.9. The molecule has 1 amide bonds. The van der Waals surface area contributed by atoms with Crippen LogP contribution in [0.15, 0.2) is 64.2 Å². The second-order valence-corrected chi connectivity index (χ2v) is 7.68. The molecule has 0 unspecified atom stereocenters. The maximum absolute atomic E-state index is 13.4. The third-order valence-electron chi connectivity index (χ3n) is 4.85. The van der Waals surface area contributed by atoms with E-state index in [-0.39, 0.29) is 21.1 Å². The Bertz CT molecular complexity index is 1460. The molecule has 5 rings (SSSR count). The summed E-state index contributed by atoms with van der Waals surface area (Å²) in [6.45, 7) is 1.90. The van der Waals surface area contributed by atoms with Gasteiger partial charge in [-0.15, -0.1) is 0 Å². The lowest BCUT2D eigenvalue weighted by atomic mass is 10.1. The molecule has 4 aromatic rings. The average molecular weight is 402 g/mol. The van der Waals surface area contributed by atoms with Crippen molar-refractivity contribution in [2.45, 2.75) is 13.5 Å². The first-order valence-electron chi connectivity index (χ1n) is 8.94. The van der Waals surface area contributed by atoms with Crippen molar-refractivity contribution in [1.82, 2.24) is 14.6 Å². The Morgan fingerprint density at radius 1 is 0.966 bits per heavy atom. The zero-order valence-corrected chi connectivity index (χ0v) is 16.1. The number of hydrogen-bond acceptors (Lipinski definition) is 6. The lowest BCUT2D eigenvalue weighted by molar-refractivity contribution is -0.113. The number of aromatic nitrogens is 3. The molecule has 8 heteroatoms. The summed E-state index contributed by atoms with van der Waals surface area (Å²) >= 11 is 1.01. The Labute approximate surface area is 168 Å². The smallest absolute Gasteiger partial charge is 0.295 e. The number of carbonyl (C=O) groups excluding carboxylic acids is 1. The molecule has 29 heavy (non-hydrogen) atoms. The van der Waals surface area contributed by atoms with E-state index in [0.717, 1.165) is 27.1 Å². The van der Waals surface area contributed by atoms with Gasteiger partial charge in [-0.2, -0.15) is 14.6 Å². The molecule has 1 aliphatic heterocycles. The molecule has 142 valence electrons. The summed E-state index contributed by atoms with van der Waals surface area (Å²) in [5.74, 6) is -0.252. The summed E-state index contributed by atoms with van der Waals surface area (Å²) in [5, 5.41) is 4.04. The second kappa shape index (κ2) is 6.46. The molecule has 0 bridgehead atoms. The van der Waals surface area contributed by atoms with Gasteiger partial charge in [0.15, 0.2) is 0 Å². The highest BCUT2D eigenvalue weighted by atomic mass is 32.1. The molecule has 1 aliphatic rings. The molecule has 7 nitrogen and oxygen atoms in total. The fraction of sp³-hybridized carbons (Fsp3) is 0.0952. The van der Waals surface area contributed by atoms with E-state index >= 15 is 0 Å². The Morgan fingerprint density at radius 3 is 2.48 bits per heavy atom. The zero-order chi connectivity index (χ0) is 20.1. The number of rotatable bonds is 2. The van der Waals surface area contributed by atoms with Gasteiger partial charge in [0.05, 0.1) is 17.8 Å². The Kier molecular flexibility index (Phi) is 3.88. The van der Waals surface area contributed by atoms with Crippen LogP contribution < -0.4 is 20.6 Å². The molecule has 0 saturated heterocycles. The molecule has 0 saturated carbocycles. The van der Waals surface area contributed by atoms with Crippen LogP contribution in [0.3, 0.4) is 0 Å². The fourth-order valence-electron chi connectivity index (χ4n) is 3.46. The first-order valence-corrected chi connectivity index (χ1v) is 9.76. The van der Waals surface area contributed by atoms with Crippen molar-refractivity contribution in [1.29, 1.82) is 0 Å². The highest BCUT2D eigenvalue weighted by molar-refractivity contribution is 7.15. The summed E-state index contributed by atoms with van der Waals surface area (Å²) < 4.78 is 1.34. The molecule has 3 heterocycles. The van der Waals surface area contributed by atoms with Crippen LogP contribution in [0.1, 0.15) is 16.8 Å². The number of para-hydroxylation sites is 1. The summed E-state index contributed by atoms with van der Waals surface area (Å²) in [6.07, 6.45) is 0. The van der Waals surface area contributed by atoms with Crippen LogP contribution in [0.2, 0.25) is 0 Å². The van der Waals surface area contributed by atoms with Gasteiger partial charge in [0.2, 0.25) is 4.96 Å². The van der Waals surface area contributed by atoms with Gasteiger partial charge in [-0.25, -0.2) is 0 Å². The maximum Gasteiger partial charge on any atom is 0.295 e.